The van der Waals surface area contributed by atoms with E-state index in [1.54, 1.807) is 18.2 Å². The number of aryl methyl sites for hydroxylation is 2. The zero-order valence-electron chi connectivity index (χ0n) is 14.7. The van der Waals surface area contributed by atoms with Gasteiger partial charge in [-0.3, -0.25) is 18.7 Å². The van der Waals surface area contributed by atoms with Gasteiger partial charge in [-0.15, -0.1) is 0 Å². The number of nitrogens with one attached hydrogen (secondary N) is 1. The lowest BCUT2D eigenvalue weighted by Crippen LogP contribution is -2.37. The quantitative estimate of drug-likeness (QED) is 0.752. The molecule has 0 saturated heterocycles. The Balaban J connectivity index is 2.12. The van der Waals surface area contributed by atoms with Crippen LogP contribution < -0.4 is 16.0 Å². The number of rotatable bonds is 4. The van der Waals surface area contributed by atoms with Crippen LogP contribution in [0.3, 0.4) is 0 Å². The van der Waals surface area contributed by atoms with Crippen molar-refractivity contribution in [1.29, 1.82) is 0 Å². The maximum Gasteiger partial charge on any atom is 0.330 e. The van der Waals surface area contributed by atoms with Crippen molar-refractivity contribution < 1.29 is 8.42 Å². The lowest BCUT2D eigenvalue weighted by molar-refractivity contribution is 0.601. The Labute approximate surface area is 150 Å². The molecule has 0 amide bonds. The minimum Gasteiger partial charge on any atom is -0.296 e. The van der Waals surface area contributed by atoms with E-state index in [9.17, 15) is 18.0 Å². The van der Waals surface area contributed by atoms with Gasteiger partial charge in [0, 0.05) is 19.8 Å². The van der Waals surface area contributed by atoms with Gasteiger partial charge in [-0.25, -0.2) is 13.2 Å². The second kappa shape index (κ2) is 6.45. The Hall–Kier alpha value is -2.87. The predicted octanol–water partition coefficient (Wildman–Crippen LogP) is 1.60. The molecule has 3 rings (SSSR count). The van der Waals surface area contributed by atoms with Crippen molar-refractivity contribution >= 4 is 26.6 Å². The number of sulfonamides is 1. The van der Waals surface area contributed by atoms with Crippen molar-refractivity contribution in [3.63, 3.8) is 0 Å². The van der Waals surface area contributed by atoms with Gasteiger partial charge in [0.25, 0.3) is 15.6 Å². The number of hydrogen-bond acceptors (Lipinski definition) is 4. The summed E-state index contributed by atoms with van der Waals surface area (Å²) < 4.78 is 30.2. The third-order valence-electron chi connectivity index (χ3n) is 4.34. The van der Waals surface area contributed by atoms with Gasteiger partial charge in [0.1, 0.15) is 0 Å². The number of hydrogen-bond donors (Lipinski definition) is 1. The number of fused-ring (bicyclic) bond motifs is 1. The molecule has 0 aliphatic heterocycles. The number of anilines is 1. The van der Waals surface area contributed by atoms with Crippen molar-refractivity contribution in [2.24, 2.45) is 14.1 Å². The topological polar surface area (TPSA) is 90.2 Å². The minimum absolute atomic E-state index is 0.0392. The molecule has 7 nitrogen and oxygen atoms in total. The van der Waals surface area contributed by atoms with E-state index in [0.717, 1.165) is 16.6 Å². The summed E-state index contributed by atoms with van der Waals surface area (Å²) in [5.74, 6) is 0. The minimum atomic E-state index is -3.87. The van der Waals surface area contributed by atoms with Gasteiger partial charge in [0.05, 0.1) is 15.8 Å². The fraction of sp³-hybridized carbons (Fsp3) is 0.222. The van der Waals surface area contributed by atoms with E-state index in [4.69, 9.17) is 0 Å². The first kappa shape index (κ1) is 17.9. The SMILES string of the molecule is CCc1cccc(NS(=O)(=O)c2ccc3c(c2)c(=O)n(C)c(=O)n3C)c1. The first-order valence-corrected chi connectivity index (χ1v) is 9.54. The van der Waals surface area contributed by atoms with Gasteiger partial charge in [-0.05, 0) is 42.3 Å². The molecule has 0 saturated carbocycles. The predicted molar refractivity (Wildman–Crippen MR) is 101 cm³/mol. The van der Waals surface area contributed by atoms with Gasteiger partial charge in [0.15, 0.2) is 0 Å². The maximum absolute atomic E-state index is 12.7. The lowest BCUT2D eigenvalue weighted by Gasteiger charge is -2.11. The standard InChI is InChI=1S/C18H19N3O4S/c1-4-12-6-5-7-13(10-12)19-26(24,25)14-8-9-16-15(11-14)17(22)21(3)18(23)20(16)2/h5-11,19H,4H2,1-3H3. The van der Waals surface area contributed by atoms with Crippen LogP contribution in [0.15, 0.2) is 56.9 Å². The highest BCUT2D eigenvalue weighted by molar-refractivity contribution is 7.92. The molecule has 1 heterocycles. The Kier molecular flexibility index (Phi) is 4.45. The Morgan fingerprint density at radius 3 is 2.42 bits per heavy atom. The van der Waals surface area contributed by atoms with Crippen LogP contribution in [-0.2, 0) is 30.5 Å². The zero-order valence-corrected chi connectivity index (χ0v) is 15.5. The van der Waals surface area contributed by atoms with Crippen LogP contribution in [0.2, 0.25) is 0 Å². The second-order valence-electron chi connectivity index (χ2n) is 6.04. The van der Waals surface area contributed by atoms with Crippen molar-refractivity contribution in [3.8, 4) is 0 Å². The van der Waals surface area contributed by atoms with Gasteiger partial charge >= 0.3 is 5.69 Å². The summed E-state index contributed by atoms with van der Waals surface area (Å²) in [6.45, 7) is 1.98. The summed E-state index contributed by atoms with van der Waals surface area (Å²) in [6, 6.07) is 11.3. The van der Waals surface area contributed by atoms with Crippen LogP contribution in [0.4, 0.5) is 5.69 Å². The molecule has 0 unspecified atom stereocenters. The molecule has 0 radical (unpaired) electrons. The third kappa shape index (κ3) is 3.03. The molecule has 0 aliphatic carbocycles. The largest absolute Gasteiger partial charge is 0.330 e. The molecule has 8 heteroatoms. The molecule has 0 spiro atoms. The molecule has 0 aliphatic rings. The Morgan fingerprint density at radius 2 is 1.73 bits per heavy atom. The van der Waals surface area contributed by atoms with Gasteiger partial charge < -0.3 is 0 Å². The zero-order chi connectivity index (χ0) is 19.1. The molecule has 1 N–H and O–H groups in total. The molecule has 0 fully saturated rings. The fourth-order valence-electron chi connectivity index (χ4n) is 2.81. The molecule has 2 aromatic carbocycles. The van der Waals surface area contributed by atoms with Crippen molar-refractivity contribution in [1.82, 2.24) is 9.13 Å². The Bertz CT molecular complexity index is 1220. The molecule has 3 aromatic rings. The van der Waals surface area contributed by atoms with Crippen LogP contribution in [-0.4, -0.2) is 17.6 Å². The first-order valence-electron chi connectivity index (χ1n) is 8.06. The molecule has 26 heavy (non-hydrogen) atoms. The second-order valence-corrected chi connectivity index (χ2v) is 7.73. The Morgan fingerprint density at radius 1 is 1.00 bits per heavy atom. The summed E-state index contributed by atoms with van der Waals surface area (Å²) >= 11 is 0. The van der Waals surface area contributed by atoms with Crippen molar-refractivity contribution in [2.45, 2.75) is 18.2 Å². The fourth-order valence-corrected chi connectivity index (χ4v) is 3.89. The highest BCUT2D eigenvalue weighted by atomic mass is 32.2. The van der Waals surface area contributed by atoms with Gasteiger partial charge in [-0.1, -0.05) is 19.1 Å². The molecular weight excluding hydrogens is 354 g/mol. The number of aromatic nitrogens is 2. The molecule has 0 atom stereocenters. The number of nitrogens with zero attached hydrogens (tertiary/aromatic N) is 2. The lowest BCUT2D eigenvalue weighted by atomic mass is 10.1. The highest BCUT2D eigenvalue weighted by Crippen LogP contribution is 2.20. The van der Waals surface area contributed by atoms with E-state index < -0.39 is 21.3 Å². The van der Waals surface area contributed by atoms with Crippen LogP contribution in [0, 0.1) is 0 Å². The smallest absolute Gasteiger partial charge is 0.296 e. The summed E-state index contributed by atoms with van der Waals surface area (Å²) in [5.41, 5.74) is 0.844. The monoisotopic (exact) mass is 373 g/mol. The van der Waals surface area contributed by atoms with Crippen LogP contribution in [0.25, 0.3) is 10.9 Å². The van der Waals surface area contributed by atoms with Crippen molar-refractivity contribution in [3.05, 3.63) is 68.9 Å². The average molecular weight is 373 g/mol. The van der Waals surface area contributed by atoms with E-state index in [-0.39, 0.29) is 10.3 Å². The van der Waals surface area contributed by atoms with E-state index in [0.29, 0.717) is 11.2 Å². The first-order chi connectivity index (χ1) is 12.2. The van der Waals surface area contributed by atoms with Crippen molar-refractivity contribution in [2.75, 3.05) is 4.72 Å². The highest BCUT2D eigenvalue weighted by Gasteiger charge is 2.17. The summed E-state index contributed by atoms with van der Waals surface area (Å²) in [4.78, 5) is 24.3. The van der Waals surface area contributed by atoms with Crippen LogP contribution in [0.5, 0.6) is 0 Å². The summed E-state index contributed by atoms with van der Waals surface area (Å²) in [7, 11) is -0.973. The maximum atomic E-state index is 12.7. The van der Waals surface area contributed by atoms with Crippen LogP contribution >= 0.6 is 0 Å². The normalized spacial score (nSPS) is 11.7. The van der Waals surface area contributed by atoms with Gasteiger partial charge in [-0.2, -0.15) is 0 Å². The van der Waals surface area contributed by atoms with Gasteiger partial charge in [0.2, 0.25) is 0 Å². The molecule has 0 bridgehead atoms. The van der Waals surface area contributed by atoms with Crippen LogP contribution in [0.1, 0.15) is 12.5 Å². The van der Waals surface area contributed by atoms with E-state index in [1.807, 2.05) is 13.0 Å². The molecule has 136 valence electrons. The van der Waals surface area contributed by atoms with E-state index >= 15 is 0 Å². The summed E-state index contributed by atoms with van der Waals surface area (Å²) in [6.07, 6.45) is 0.787. The van der Waals surface area contributed by atoms with E-state index in [2.05, 4.69) is 4.72 Å². The molecule has 1 aromatic heterocycles. The third-order valence-corrected chi connectivity index (χ3v) is 5.71. The number of benzene rings is 2. The average Bonchev–Trinajstić information content (AvgIpc) is 2.64. The summed E-state index contributed by atoms with van der Waals surface area (Å²) in [5, 5.41) is 0.166. The molecular formula is C18H19N3O4S. The van der Waals surface area contributed by atoms with E-state index in [1.165, 1.54) is 36.9 Å².